The zero-order valence-electron chi connectivity index (χ0n) is 26.5. The van der Waals surface area contributed by atoms with Crippen LogP contribution in [0.4, 0.5) is 25.8 Å². The number of carbonyl (C=O) groups is 6. The molecule has 0 aliphatic rings. The van der Waals surface area contributed by atoms with Crippen LogP contribution in [0.1, 0.15) is 53.5 Å². The van der Waals surface area contributed by atoms with E-state index in [1.54, 1.807) is 34.6 Å². The lowest BCUT2D eigenvalue weighted by Crippen LogP contribution is -2.52. The first-order valence-corrected chi connectivity index (χ1v) is 14.0. The third-order valence-electron chi connectivity index (χ3n) is 5.11. The van der Waals surface area contributed by atoms with Gasteiger partial charge in [0.1, 0.15) is 18.2 Å². The molecule has 1 aromatic rings. The van der Waals surface area contributed by atoms with Crippen molar-refractivity contribution >= 4 is 47.3 Å². The zero-order valence-corrected chi connectivity index (χ0v) is 26.5. The van der Waals surface area contributed by atoms with Crippen LogP contribution >= 0.6 is 0 Å². The van der Waals surface area contributed by atoms with Gasteiger partial charge in [-0.1, -0.05) is 32.8 Å². The van der Waals surface area contributed by atoms with Gasteiger partial charge in [-0.05, 0) is 45.2 Å². The Hall–Kier alpha value is -5.04. The van der Waals surface area contributed by atoms with Gasteiger partial charge in [-0.25, -0.2) is 14.4 Å². The second kappa shape index (κ2) is 20.8. The summed E-state index contributed by atoms with van der Waals surface area (Å²) >= 11 is 0. The highest BCUT2D eigenvalue weighted by atomic mass is 16.6. The molecule has 0 saturated heterocycles. The van der Waals surface area contributed by atoms with E-state index in [-0.39, 0.29) is 23.9 Å². The molecule has 0 aliphatic heterocycles. The van der Waals surface area contributed by atoms with Crippen molar-refractivity contribution in [1.82, 2.24) is 21.3 Å². The number of alkyl carbamates (subject to hydrolysis) is 2. The van der Waals surface area contributed by atoms with E-state index in [2.05, 4.69) is 42.6 Å². The number of anilines is 2. The molecule has 0 heterocycles. The van der Waals surface area contributed by atoms with Crippen LogP contribution in [0.5, 0.6) is 0 Å². The van der Waals surface area contributed by atoms with Crippen LogP contribution in [0.3, 0.4) is 0 Å². The fourth-order valence-electron chi connectivity index (χ4n) is 3.11. The van der Waals surface area contributed by atoms with Crippen molar-refractivity contribution in [3.63, 3.8) is 0 Å². The van der Waals surface area contributed by atoms with Gasteiger partial charge in [0, 0.05) is 23.5 Å². The summed E-state index contributed by atoms with van der Waals surface area (Å²) in [6.45, 7) is 9.72. The monoisotopic (exact) mass is 635 g/mol. The molecule has 0 aromatic heterocycles. The summed E-state index contributed by atoms with van der Waals surface area (Å²) in [5.74, 6) is 0.0610. The van der Waals surface area contributed by atoms with Crippen LogP contribution in [0, 0.1) is 18.3 Å². The summed E-state index contributed by atoms with van der Waals surface area (Å²) in [6.07, 6.45) is 4.29. The number of urea groups is 1. The molecule has 0 bridgehead atoms. The molecule has 0 spiro atoms. The Morgan fingerprint density at radius 1 is 0.978 bits per heavy atom. The summed E-state index contributed by atoms with van der Waals surface area (Å²) < 4.78 is 9.78. The number of aliphatic hydroxyl groups is 1. The molecule has 0 aliphatic carbocycles. The second-order valence-electron chi connectivity index (χ2n) is 10.6. The van der Waals surface area contributed by atoms with Crippen molar-refractivity contribution in [3.05, 3.63) is 23.8 Å². The topological polar surface area (TPSA) is 239 Å². The van der Waals surface area contributed by atoms with Gasteiger partial charge in [-0.2, -0.15) is 0 Å². The maximum atomic E-state index is 12.6. The molecule has 1 aromatic carbocycles. The van der Waals surface area contributed by atoms with Crippen LogP contribution in [-0.2, 0) is 30.5 Å². The Bertz CT molecular complexity index is 1210. The number of hydrogen-bond donors (Lipinski definition) is 8. The molecule has 45 heavy (non-hydrogen) atoms. The highest BCUT2D eigenvalue weighted by Crippen LogP contribution is 2.21. The quantitative estimate of drug-likeness (QED) is 0.145. The van der Waals surface area contributed by atoms with E-state index in [1.165, 1.54) is 18.2 Å². The van der Waals surface area contributed by atoms with Gasteiger partial charge in [-0.3, -0.25) is 14.4 Å². The van der Waals surface area contributed by atoms with Gasteiger partial charge in [0.2, 0.25) is 17.7 Å². The van der Waals surface area contributed by atoms with E-state index in [0.717, 1.165) is 6.42 Å². The Kier molecular flexibility index (Phi) is 18.5. The van der Waals surface area contributed by atoms with Crippen molar-refractivity contribution in [1.29, 1.82) is 0 Å². The number of primary amides is 1. The smallest absolute Gasteiger partial charge is 0.408 e. The van der Waals surface area contributed by atoms with Crippen molar-refractivity contribution in [2.45, 2.75) is 66.2 Å². The molecule has 0 radical (unpaired) electrons. The summed E-state index contributed by atoms with van der Waals surface area (Å²) in [6, 6.07) is 3.01. The number of rotatable bonds is 13. The predicted molar refractivity (Wildman–Crippen MR) is 167 cm³/mol. The summed E-state index contributed by atoms with van der Waals surface area (Å²) in [5.41, 5.74) is 4.81. The number of nitrogens with one attached hydrogen (secondary N) is 6. The molecule has 16 nitrogen and oxygen atoms in total. The molecular formula is C29H45N7O9. The van der Waals surface area contributed by atoms with E-state index >= 15 is 0 Å². The SMILES string of the molecule is C#CCOC(=O)NCC(=O)Nc1cc(NC(=O)CNC(=O)C(NC(=O)OC(C)(C)C)C(C)C)ccc1CO.CCCNC(N)=O. The number of carbonyl (C=O) groups excluding carboxylic acids is 6. The van der Waals surface area contributed by atoms with Crippen LogP contribution < -0.4 is 37.6 Å². The van der Waals surface area contributed by atoms with Crippen molar-refractivity contribution in [2.24, 2.45) is 11.7 Å². The largest absolute Gasteiger partial charge is 0.444 e. The standard InChI is InChI=1S/C25H35N5O8.C4H10N2O/c1-7-10-37-23(35)27-13-20(33)29-18-11-17(9-8-16(18)14-31)28-19(32)12-26-22(34)21(15(2)3)30-24(36)38-25(4,5)6;1-2-3-6-4(5)7/h1,8-9,11,15,21,31H,10,12-14H2,2-6H3,(H,26,34)(H,27,35)(H,28,32)(H,29,33)(H,30,36);2-3H2,1H3,(H3,5,6,7). The lowest BCUT2D eigenvalue weighted by atomic mass is 10.0. The fourth-order valence-corrected chi connectivity index (χ4v) is 3.11. The van der Waals surface area contributed by atoms with E-state index in [9.17, 15) is 33.9 Å². The van der Waals surface area contributed by atoms with Gasteiger partial charge in [0.15, 0.2) is 6.61 Å². The van der Waals surface area contributed by atoms with Crippen LogP contribution in [0.15, 0.2) is 18.2 Å². The summed E-state index contributed by atoms with van der Waals surface area (Å²) in [4.78, 5) is 70.5. The van der Waals surface area contributed by atoms with E-state index < -0.39 is 67.3 Å². The lowest BCUT2D eigenvalue weighted by Gasteiger charge is -2.25. The molecule has 1 rings (SSSR count). The number of nitrogens with two attached hydrogens (primary N) is 1. The average molecular weight is 636 g/mol. The van der Waals surface area contributed by atoms with E-state index in [0.29, 0.717) is 12.1 Å². The molecule has 16 heteroatoms. The van der Waals surface area contributed by atoms with Crippen molar-refractivity contribution in [2.75, 3.05) is 36.9 Å². The summed E-state index contributed by atoms with van der Waals surface area (Å²) in [5, 5.41) is 24.3. The van der Waals surface area contributed by atoms with E-state index in [1.807, 2.05) is 6.92 Å². The minimum absolute atomic E-state index is 0.194. The number of benzene rings is 1. The van der Waals surface area contributed by atoms with E-state index in [4.69, 9.17) is 16.9 Å². The molecule has 1 atom stereocenters. The first-order valence-electron chi connectivity index (χ1n) is 14.0. The average Bonchev–Trinajstić information content (AvgIpc) is 2.94. The van der Waals surface area contributed by atoms with Crippen molar-refractivity contribution < 1.29 is 43.3 Å². The van der Waals surface area contributed by atoms with Gasteiger partial charge >= 0.3 is 18.2 Å². The Labute approximate surface area is 262 Å². The normalized spacial score (nSPS) is 10.9. The Morgan fingerprint density at radius 2 is 1.60 bits per heavy atom. The molecule has 0 fully saturated rings. The first-order chi connectivity index (χ1) is 21.0. The predicted octanol–water partition coefficient (Wildman–Crippen LogP) is 1.15. The molecule has 7 amide bonds. The number of ether oxygens (including phenoxy) is 2. The maximum absolute atomic E-state index is 12.6. The van der Waals surface area contributed by atoms with Gasteiger partial charge in [-0.15, -0.1) is 6.42 Å². The Balaban J connectivity index is 0.00000246. The fraction of sp³-hybridized carbons (Fsp3) is 0.517. The van der Waals surface area contributed by atoms with Gasteiger partial charge < -0.3 is 52.2 Å². The lowest BCUT2D eigenvalue weighted by molar-refractivity contribution is -0.126. The molecular weight excluding hydrogens is 590 g/mol. The number of terminal acetylenes is 1. The number of amides is 7. The third kappa shape index (κ3) is 19.0. The molecule has 9 N–H and O–H groups in total. The van der Waals surface area contributed by atoms with Crippen LogP contribution in [0.2, 0.25) is 0 Å². The van der Waals surface area contributed by atoms with Crippen molar-refractivity contribution in [3.8, 4) is 12.3 Å². The summed E-state index contributed by atoms with van der Waals surface area (Å²) in [7, 11) is 0. The maximum Gasteiger partial charge on any atom is 0.408 e. The molecule has 0 saturated carbocycles. The minimum Gasteiger partial charge on any atom is -0.444 e. The van der Waals surface area contributed by atoms with Gasteiger partial charge in [0.05, 0.1) is 13.2 Å². The second-order valence-corrected chi connectivity index (χ2v) is 10.6. The highest BCUT2D eigenvalue weighted by Gasteiger charge is 2.27. The molecule has 1 unspecified atom stereocenters. The van der Waals surface area contributed by atoms with Gasteiger partial charge in [0.25, 0.3) is 0 Å². The first kappa shape index (κ1) is 40.0. The molecule has 250 valence electrons. The van der Waals surface area contributed by atoms with Crippen LogP contribution in [-0.4, -0.2) is 78.9 Å². The zero-order chi connectivity index (χ0) is 34.6. The Morgan fingerprint density at radius 3 is 2.11 bits per heavy atom. The number of hydrogen-bond acceptors (Lipinski definition) is 9. The third-order valence-corrected chi connectivity index (χ3v) is 5.11. The highest BCUT2D eigenvalue weighted by molar-refractivity contribution is 5.98. The van der Waals surface area contributed by atoms with Crippen LogP contribution in [0.25, 0.3) is 0 Å². The minimum atomic E-state index is -0.930. The number of aliphatic hydroxyl groups excluding tert-OH is 1.